The molecule has 1 fully saturated rings. The zero-order chi connectivity index (χ0) is 11.4. The van der Waals surface area contributed by atoms with Gasteiger partial charge in [-0.15, -0.1) is 0 Å². The molecule has 4 nitrogen and oxygen atoms in total. The van der Waals surface area contributed by atoms with Crippen molar-refractivity contribution in [3.05, 3.63) is 23.9 Å². The molecule has 2 rings (SSSR count). The third-order valence-electron chi connectivity index (χ3n) is 2.88. The molecule has 1 aliphatic rings. The molecule has 1 saturated heterocycles. The number of nitriles is 1. The summed E-state index contributed by atoms with van der Waals surface area (Å²) in [5.41, 5.74) is 0.642. The van der Waals surface area contributed by atoms with E-state index in [1.54, 1.807) is 12.3 Å². The zero-order valence-corrected chi connectivity index (χ0v) is 9.39. The third-order valence-corrected chi connectivity index (χ3v) is 2.88. The first kappa shape index (κ1) is 10.9. The minimum Gasteiger partial charge on any atom is -0.377 e. The summed E-state index contributed by atoms with van der Waals surface area (Å²) in [4.78, 5) is 6.50. The standard InChI is InChI=1S/C12H15N3O/c1-2-11-9-16-7-6-15(11)12-10(8-13)4-3-5-14-12/h3-5,11H,2,6-7,9H2,1H3. The number of aromatic nitrogens is 1. The first-order valence-electron chi connectivity index (χ1n) is 5.56. The lowest BCUT2D eigenvalue weighted by molar-refractivity contribution is 0.0925. The molecule has 4 heteroatoms. The topological polar surface area (TPSA) is 49.1 Å². The fourth-order valence-electron chi connectivity index (χ4n) is 1.99. The summed E-state index contributed by atoms with van der Waals surface area (Å²) in [6.07, 6.45) is 2.74. The normalized spacial score (nSPS) is 20.5. The van der Waals surface area contributed by atoms with Crippen LogP contribution in [0.1, 0.15) is 18.9 Å². The number of nitrogens with zero attached hydrogens (tertiary/aromatic N) is 3. The van der Waals surface area contributed by atoms with Crippen molar-refractivity contribution in [3.8, 4) is 6.07 Å². The number of hydrogen-bond donors (Lipinski definition) is 0. The van der Waals surface area contributed by atoms with Crippen LogP contribution in [0.3, 0.4) is 0 Å². The predicted octanol–water partition coefficient (Wildman–Crippen LogP) is 1.57. The smallest absolute Gasteiger partial charge is 0.146 e. The van der Waals surface area contributed by atoms with E-state index in [0.29, 0.717) is 18.2 Å². The van der Waals surface area contributed by atoms with Gasteiger partial charge in [-0.3, -0.25) is 0 Å². The summed E-state index contributed by atoms with van der Waals surface area (Å²) >= 11 is 0. The maximum atomic E-state index is 9.06. The van der Waals surface area contributed by atoms with Gasteiger partial charge < -0.3 is 9.64 Å². The second-order valence-electron chi connectivity index (χ2n) is 3.82. The van der Waals surface area contributed by atoms with Gasteiger partial charge >= 0.3 is 0 Å². The van der Waals surface area contributed by atoms with Crippen molar-refractivity contribution in [3.63, 3.8) is 0 Å². The monoisotopic (exact) mass is 217 g/mol. The SMILES string of the molecule is CCC1COCCN1c1ncccc1C#N. The highest BCUT2D eigenvalue weighted by Gasteiger charge is 2.24. The first-order valence-corrected chi connectivity index (χ1v) is 5.56. The molecule has 0 radical (unpaired) electrons. The Labute approximate surface area is 95.5 Å². The summed E-state index contributed by atoms with van der Waals surface area (Å²) in [7, 11) is 0. The van der Waals surface area contributed by atoms with E-state index in [2.05, 4.69) is 22.9 Å². The Morgan fingerprint density at radius 2 is 2.56 bits per heavy atom. The van der Waals surface area contributed by atoms with Crippen molar-refractivity contribution in [1.29, 1.82) is 5.26 Å². The maximum Gasteiger partial charge on any atom is 0.146 e. The molecule has 0 saturated carbocycles. The molecule has 2 heterocycles. The van der Waals surface area contributed by atoms with E-state index in [0.717, 1.165) is 25.4 Å². The summed E-state index contributed by atoms with van der Waals surface area (Å²) in [5, 5.41) is 9.06. The zero-order valence-electron chi connectivity index (χ0n) is 9.39. The Hall–Kier alpha value is -1.60. The van der Waals surface area contributed by atoms with Gasteiger partial charge in [-0.2, -0.15) is 5.26 Å². The van der Waals surface area contributed by atoms with Gasteiger partial charge in [0.05, 0.1) is 24.8 Å². The Balaban J connectivity index is 2.31. The molecule has 16 heavy (non-hydrogen) atoms. The molecule has 0 bridgehead atoms. The number of pyridine rings is 1. The third kappa shape index (κ3) is 2.00. The van der Waals surface area contributed by atoms with Crippen molar-refractivity contribution in [2.45, 2.75) is 19.4 Å². The molecule has 0 N–H and O–H groups in total. The average Bonchev–Trinajstić information content (AvgIpc) is 2.38. The molecule has 0 amide bonds. The van der Waals surface area contributed by atoms with Gasteiger partial charge in [0, 0.05) is 12.7 Å². The van der Waals surface area contributed by atoms with E-state index in [-0.39, 0.29) is 0 Å². The van der Waals surface area contributed by atoms with Crippen LogP contribution in [-0.4, -0.2) is 30.8 Å². The fraction of sp³-hybridized carbons (Fsp3) is 0.500. The molecule has 0 spiro atoms. The van der Waals surface area contributed by atoms with E-state index in [4.69, 9.17) is 10.00 Å². The summed E-state index contributed by atoms with van der Waals surface area (Å²) in [6, 6.07) is 6.13. The maximum absolute atomic E-state index is 9.06. The molecule has 1 aliphatic heterocycles. The van der Waals surface area contributed by atoms with Crippen LogP contribution in [-0.2, 0) is 4.74 Å². The average molecular weight is 217 g/mol. The van der Waals surface area contributed by atoms with E-state index >= 15 is 0 Å². The van der Waals surface area contributed by atoms with Crippen LogP contribution in [0.4, 0.5) is 5.82 Å². The van der Waals surface area contributed by atoms with E-state index in [1.807, 2.05) is 6.07 Å². The van der Waals surface area contributed by atoms with Crippen LogP contribution in [0.5, 0.6) is 0 Å². The number of morpholine rings is 1. The van der Waals surface area contributed by atoms with Crippen molar-refractivity contribution in [2.75, 3.05) is 24.7 Å². The largest absolute Gasteiger partial charge is 0.377 e. The van der Waals surface area contributed by atoms with Crippen LogP contribution >= 0.6 is 0 Å². The number of hydrogen-bond acceptors (Lipinski definition) is 4. The van der Waals surface area contributed by atoms with Gasteiger partial charge in [-0.25, -0.2) is 4.98 Å². The highest BCUT2D eigenvalue weighted by molar-refractivity contribution is 5.54. The second-order valence-corrected chi connectivity index (χ2v) is 3.82. The van der Waals surface area contributed by atoms with Crippen molar-refractivity contribution in [1.82, 2.24) is 4.98 Å². The Morgan fingerprint density at radius 1 is 1.69 bits per heavy atom. The summed E-state index contributed by atoms with van der Waals surface area (Å²) < 4.78 is 5.45. The van der Waals surface area contributed by atoms with Crippen LogP contribution < -0.4 is 4.90 Å². The Kier molecular flexibility index (Phi) is 3.37. The van der Waals surface area contributed by atoms with Crippen molar-refractivity contribution in [2.24, 2.45) is 0 Å². The van der Waals surface area contributed by atoms with Crippen molar-refractivity contribution < 1.29 is 4.74 Å². The molecule has 1 aromatic rings. The Morgan fingerprint density at radius 3 is 3.31 bits per heavy atom. The number of anilines is 1. The van der Waals surface area contributed by atoms with Gasteiger partial charge in [0.15, 0.2) is 0 Å². The second kappa shape index (κ2) is 4.95. The van der Waals surface area contributed by atoms with Gasteiger partial charge in [0.25, 0.3) is 0 Å². The van der Waals surface area contributed by atoms with Gasteiger partial charge in [-0.1, -0.05) is 6.92 Å². The van der Waals surface area contributed by atoms with E-state index in [1.165, 1.54) is 0 Å². The van der Waals surface area contributed by atoms with Gasteiger partial charge in [0.1, 0.15) is 11.9 Å². The van der Waals surface area contributed by atoms with Crippen LogP contribution in [0, 0.1) is 11.3 Å². The molecule has 1 unspecified atom stereocenters. The molecule has 1 aromatic heterocycles. The van der Waals surface area contributed by atoms with E-state index < -0.39 is 0 Å². The number of ether oxygens (including phenoxy) is 1. The lowest BCUT2D eigenvalue weighted by Gasteiger charge is -2.36. The summed E-state index contributed by atoms with van der Waals surface area (Å²) in [6.45, 7) is 4.36. The van der Waals surface area contributed by atoms with Gasteiger partial charge in [-0.05, 0) is 18.6 Å². The molecular weight excluding hydrogens is 202 g/mol. The van der Waals surface area contributed by atoms with Crippen LogP contribution in [0.2, 0.25) is 0 Å². The highest BCUT2D eigenvalue weighted by Crippen LogP contribution is 2.22. The molecule has 0 aromatic carbocycles. The predicted molar refractivity (Wildman–Crippen MR) is 61.2 cm³/mol. The molecular formula is C12H15N3O. The quantitative estimate of drug-likeness (QED) is 0.754. The Bertz CT molecular complexity index is 399. The minimum absolute atomic E-state index is 0.329. The fourth-order valence-corrected chi connectivity index (χ4v) is 1.99. The summed E-state index contributed by atoms with van der Waals surface area (Å²) in [5.74, 6) is 0.792. The number of rotatable bonds is 2. The van der Waals surface area contributed by atoms with E-state index in [9.17, 15) is 0 Å². The van der Waals surface area contributed by atoms with Crippen LogP contribution in [0.25, 0.3) is 0 Å². The first-order chi connectivity index (χ1) is 7.86. The molecule has 1 atom stereocenters. The lowest BCUT2D eigenvalue weighted by Crippen LogP contribution is -2.45. The van der Waals surface area contributed by atoms with Crippen LogP contribution in [0.15, 0.2) is 18.3 Å². The molecule has 84 valence electrons. The lowest BCUT2D eigenvalue weighted by atomic mass is 10.1. The minimum atomic E-state index is 0.329. The van der Waals surface area contributed by atoms with Gasteiger partial charge in [0.2, 0.25) is 0 Å². The molecule has 0 aliphatic carbocycles. The highest BCUT2D eigenvalue weighted by atomic mass is 16.5. The van der Waals surface area contributed by atoms with Crippen molar-refractivity contribution >= 4 is 5.82 Å².